The number of carbonyl (C=O) groups is 2. The summed E-state index contributed by atoms with van der Waals surface area (Å²) in [5.74, 6) is -1.04. The molecule has 0 saturated carbocycles. The maximum absolute atomic E-state index is 10.8. The van der Waals surface area contributed by atoms with Crippen LogP contribution in [0.25, 0.3) is 6.08 Å². The molecule has 0 bridgehead atoms. The molecule has 0 atom stereocenters. The summed E-state index contributed by atoms with van der Waals surface area (Å²) < 4.78 is 4.95. The minimum atomic E-state index is -1.11. The Balaban J connectivity index is 2.97. The van der Waals surface area contributed by atoms with Gasteiger partial charge in [0.2, 0.25) is 0 Å². The summed E-state index contributed by atoms with van der Waals surface area (Å²) >= 11 is 11.9. The van der Waals surface area contributed by atoms with Crippen molar-refractivity contribution in [2.24, 2.45) is 0 Å². The topological polar surface area (TPSA) is 63.6 Å². The molecule has 1 aromatic rings. The Kier molecular flexibility index (Phi) is 5.19. The van der Waals surface area contributed by atoms with Gasteiger partial charge in [0.15, 0.2) is 12.4 Å². The minimum Gasteiger partial charge on any atom is -0.480 e. The number of carboxylic acid groups (broad SMARTS) is 1. The van der Waals surface area contributed by atoms with Gasteiger partial charge in [-0.2, -0.15) is 0 Å². The highest BCUT2D eigenvalue weighted by Crippen LogP contribution is 2.35. The summed E-state index contributed by atoms with van der Waals surface area (Å²) in [6, 6.07) is 3.09. The number of allylic oxidation sites excluding steroid dienone is 1. The molecule has 0 heterocycles. The zero-order valence-electron chi connectivity index (χ0n) is 9.44. The number of carbonyl (C=O) groups excluding carboxylic acids is 1. The molecule has 96 valence electrons. The Bertz CT molecular complexity index is 509. The minimum absolute atomic E-state index is 0.114. The molecule has 1 rings (SSSR count). The van der Waals surface area contributed by atoms with Crippen LogP contribution in [0.1, 0.15) is 12.5 Å². The summed E-state index contributed by atoms with van der Waals surface area (Å²) in [7, 11) is 0. The van der Waals surface area contributed by atoms with E-state index in [0.717, 1.165) is 0 Å². The molecule has 0 aromatic heterocycles. The molecule has 0 fully saturated rings. The number of aliphatic carboxylic acids is 1. The van der Waals surface area contributed by atoms with Gasteiger partial charge >= 0.3 is 5.97 Å². The van der Waals surface area contributed by atoms with E-state index < -0.39 is 12.6 Å². The number of ether oxygens (including phenoxy) is 1. The highest BCUT2D eigenvalue weighted by molar-refractivity contribution is 6.43. The number of hydrogen-bond acceptors (Lipinski definition) is 3. The second kappa shape index (κ2) is 6.42. The van der Waals surface area contributed by atoms with E-state index in [1.165, 1.54) is 25.1 Å². The van der Waals surface area contributed by atoms with E-state index in [9.17, 15) is 9.59 Å². The van der Waals surface area contributed by atoms with Crippen LogP contribution < -0.4 is 4.74 Å². The number of ketones is 1. The van der Waals surface area contributed by atoms with Crippen LogP contribution in [0.4, 0.5) is 0 Å². The second-order valence-electron chi connectivity index (χ2n) is 3.41. The van der Waals surface area contributed by atoms with Crippen LogP contribution in [0.15, 0.2) is 18.2 Å². The molecule has 0 spiro atoms. The summed E-state index contributed by atoms with van der Waals surface area (Å²) in [5, 5.41) is 8.81. The van der Waals surface area contributed by atoms with Crippen molar-refractivity contribution in [2.75, 3.05) is 6.61 Å². The van der Waals surface area contributed by atoms with Crippen LogP contribution in [0.2, 0.25) is 10.0 Å². The third-order valence-electron chi connectivity index (χ3n) is 1.93. The first-order chi connectivity index (χ1) is 8.41. The monoisotopic (exact) mass is 288 g/mol. The zero-order chi connectivity index (χ0) is 13.7. The third-order valence-corrected chi connectivity index (χ3v) is 2.80. The maximum Gasteiger partial charge on any atom is 0.341 e. The summed E-state index contributed by atoms with van der Waals surface area (Å²) in [5.41, 5.74) is 0.555. The molecule has 0 aliphatic rings. The van der Waals surface area contributed by atoms with Gasteiger partial charge in [-0.1, -0.05) is 23.2 Å². The van der Waals surface area contributed by atoms with Crippen LogP contribution >= 0.6 is 23.2 Å². The highest BCUT2D eigenvalue weighted by Gasteiger charge is 2.10. The van der Waals surface area contributed by atoms with E-state index >= 15 is 0 Å². The number of hydrogen-bond donors (Lipinski definition) is 1. The molecular formula is C12H10Cl2O4. The number of halogens is 2. The fourth-order valence-electron chi connectivity index (χ4n) is 1.13. The SMILES string of the molecule is CC(=O)/C=C/c1ccc(OCC(=O)O)c(Cl)c1Cl. The molecule has 0 aliphatic heterocycles. The predicted molar refractivity (Wildman–Crippen MR) is 69.3 cm³/mol. The standard InChI is InChI=1S/C12H10Cl2O4/c1-7(15)2-3-8-4-5-9(12(14)11(8)13)18-6-10(16)17/h2-5H,6H2,1H3,(H,16,17)/b3-2+. The first-order valence-corrected chi connectivity index (χ1v) is 5.68. The quantitative estimate of drug-likeness (QED) is 0.846. The van der Waals surface area contributed by atoms with Crippen LogP contribution in [0.5, 0.6) is 5.75 Å². The van der Waals surface area contributed by atoms with Gasteiger partial charge < -0.3 is 9.84 Å². The molecule has 4 nitrogen and oxygen atoms in total. The average Bonchev–Trinajstić information content (AvgIpc) is 2.29. The van der Waals surface area contributed by atoms with Crippen molar-refractivity contribution in [1.29, 1.82) is 0 Å². The van der Waals surface area contributed by atoms with Crippen molar-refractivity contribution in [3.63, 3.8) is 0 Å². The Morgan fingerprint density at radius 2 is 2.00 bits per heavy atom. The summed E-state index contributed by atoms with van der Waals surface area (Å²) in [6.45, 7) is 0.912. The first kappa shape index (κ1) is 14.5. The van der Waals surface area contributed by atoms with Crippen LogP contribution in [0.3, 0.4) is 0 Å². The molecule has 18 heavy (non-hydrogen) atoms. The van der Waals surface area contributed by atoms with E-state index in [0.29, 0.717) is 5.56 Å². The zero-order valence-corrected chi connectivity index (χ0v) is 11.0. The average molecular weight is 289 g/mol. The van der Waals surface area contributed by atoms with Gasteiger partial charge in [-0.25, -0.2) is 4.79 Å². The maximum atomic E-state index is 10.8. The lowest BCUT2D eigenvalue weighted by Crippen LogP contribution is -2.09. The molecule has 0 amide bonds. The molecule has 0 radical (unpaired) electrons. The van der Waals surface area contributed by atoms with Crippen LogP contribution in [-0.2, 0) is 9.59 Å². The largest absolute Gasteiger partial charge is 0.480 e. The van der Waals surface area contributed by atoms with Crippen molar-refractivity contribution in [3.8, 4) is 5.75 Å². The molecule has 6 heteroatoms. The van der Waals surface area contributed by atoms with Crippen LogP contribution in [-0.4, -0.2) is 23.5 Å². The van der Waals surface area contributed by atoms with E-state index in [-0.39, 0.29) is 21.6 Å². The summed E-state index contributed by atoms with van der Waals surface area (Å²) in [6.07, 6.45) is 2.88. The fraction of sp³-hybridized carbons (Fsp3) is 0.167. The van der Waals surface area contributed by atoms with Gasteiger partial charge in [0.05, 0.1) is 5.02 Å². The Hall–Kier alpha value is -1.52. The van der Waals surface area contributed by atoms with E-state index in [2.05, 4.69) is 0 Å². The van der Waals surface area contributed by atoms with Crippen molar-refractivity contribution >= 4 is 41.0 Å². The smallest absolute Gasteiger partial charge is 0.341 e. The van der Waals surface area contributed by atoms with Crippen LogP contribution in [0, 0.1) is 0 Å². The third kappa shape index (κ3) is 4.05. The molecule has 1 N–H and O–H groups in total. The molecule has 0 aliphatic carbocycles. The van der Waals surface area contributed by atoms with Crippen molar-refractivity contribution in [2.45, 2.75) is 6.92 Å². The summed E-state index contributed by atoms with van der Waals surface area (Å²) in [4.78, 5) is 21.2. The predicted octanol–water partition coefficient (Wildman–Crippen LogP) is 3.06. The van der Waals surface area contributed by atoms with Gasteiger partial charge in [0, 0.05) is 0 Å². The van der Waals surface area contributed by atoms with Gasteiger partial charge in [0.25, 0.3) is 0 Å². The number of rotatable bonds is 5. The van der Waals surface area contributed by atoms with Gasteiger partial charge in [0.1, 0.15) is 10.8 Å². The lowest BCUT2D eigenvalue weighted by atomic mass is 10.2. The van der Waals surface area contributed by atoms with Gasteiger partial charge in [-0.15, -0.1) is 0 Å². The molecule has 0 unspecified atom stereocenters. The Morgan fingerprint density at radius 3 is 2.56 bits per heavy atom. The Labute approximate surface area is 114 Å². The van der Waals surface area contributed by atoms with Gasteiger partial charge in [-0.05, 0) is 36.8 Å². The lowest BCUT2D eigenvalue weighted by Gasteiger charge is -2.08. The van der Waals surface area contributed by atoms with E-state index in [4.69, 9.17) is 33.0 Å². The van der Waals surface area contributed by atoms with Crippen molar-refractivity contribution in [1.82, 2.24) is 0 Å². The molecule has 0 saturated heterocycles. The first-order valence-electron chi connectivity index (χ1n) is 4.93. The highest BCUT2D eigenvalue weighted by atomic mass is 35.5. The van der Waals surface area contributed by atoms with E-state index in [1.54, 1.807) is 6.07 Å². The second-order valence-corrected chi connectivity index (χ2v) is 4.16. The van der Waals surface area contributed by atoms with E-state index in [1.807, 2.05) is 0 Å². The van der Waals surface area contributed by atoms with Crippen molar-refractivity contribution < 1.29 is 19.4 Å². The van der Waals surface area contributed by atoms with Crippen molar-refractivity contribution in [3.05, 3.63) is 33.8 Å². The molecular weight excluding hydrogens is 279 g/mol. The lowest BCUT2D eigenvalue weighted by molar-refractivity contribution is -0.139. The Morgan fingerprint density at radius 1 is 1.33 bits per heavy atom. The fourth-order valence-corrected chi connectivity index (χ4v) is 1.58. The normalized spacial score (nSPS) is 10.6. The number of benzene rings is 1. The number of carboxylic acids is 1. The van der Waals surface area contributed by atoms with Gasteiger partial charge in [-0.3, -0.25) is 4.79 Å². The molecule has 1 aromatic carbocycles.